The van der Waals surface area contributed by atoms with Crippen molar-refractivity contribution in [2.45, 2.75) is 38.1 Å². The van der Waals surface area contributed by atoms with Gasteiger partial charge in [-0.3, -0.25) is 4.79 Å². The maximum Gasteiger partial charge on any atom is 0.253 e. The predicted molar refractivity (Wildman–Crippen MR) is 93.4 cm³/mol. The smallest absolute Gasteiger partial charge is 0.253 e. The summed E-state index contributed by atoms with van der Waals surface area (Å²) in [6.07, 6.45) is 0. The summed E-state index contributed by atoms with van der Waals surface area (Å²) in [6.45, 7) is 12.9. The van der Waals surface area contributed by atoms with Crippen molar-refractivity contribution in [2.75, 3.05) is 32.7 Å². The van der Waals surface area contributed by atoms with E-state index in [0.29, 0.717) is 10.9 Å². The number of carbonyl (C=O) groups excluding carboxylic acids is 1. The minimum Gasteiger partial charge on any atom is -0.332 e. The van der Waals surface area contributed by atoms with Crippen LogP contribution in [0.25, 0.3) is 5.78 Å². The van der Waals surface area contributed by atoms with E-state index in [1.165, 1.54) is 11.8 Å². The minimum atomic E-state index is -0.188. The van der Waals surface area contributed by atoms with Crippen molar-refractivity contribution in [2.24, 2.45) is 0 Å². The molecule has 0 saturated carbocycles. The van der Waals surface area contributed by atoms with Gasteiger partial charge in [-0.25, -0.2) is 9.50 Å². The van der Waals surface area contributed by atoms with Gasteiger partial charge >= 0.3 is 0 Å². The number of likely N-dealkylation sites (N-methyl/N-ethyl adjacent to an activating group) is 1. The van der Waals surface area contributed by atoms with Gasteiger partial charge < -0.3 is 9.80 Å². The van der Waals surface area contributed by atoms with Crippen molar-refractivity contribution < 1.29 is 9.69 Å². The largest absolute Gasteiger partial charge is 0.332 e. The molecule has 1 amide bonds. The Balaban J connectivity index is 1.67. The van der Waals surface area contributed by atoms with Gasteiger partial charge in [-0.15, -0.1) is 5.10 Å². The molecule has 3 rings (SSSR count). The first kappa shape index (κ1) is 17.2. The fourth-order valence-electron chi connectivity index (χ4n) is 3.06. The quantitative estimate of drug-likeness (QED) is 0.785. The van der Waals surface area contributed by atoms with Crippen molar-refractivity contribution in [3.05, 3.63) is 17.5 Å². The third-order valence-electron chi connectivity index (χ3n) is 4.51. The number of nitrogens with one attached hydrogen (secondary N) is 1. The second-order valence-corrected chi connectivity index (χ2v) is 7.64. The number of hydrogen-bond acceptors (Lipinski definition) is 5. The lowest BCUT2D eigenvalue weighted by Crippen LogP contribution is -3.14. The molecule has 3 heterocycles. The number of piperazine rings is 1. The molecule has 130 valence electrons. The van der Waals surface area contributed by atoms with Crippen LogP contribution in [0.2, 0.25) is 0 Å². The van der Waals surface area contributed by atoms with Crippen molar-refractivity contribution in [1.82, 2.24) is 24.5 Å². The fraction of sp³-hybridized carbons (Fsp3) is 0.625. The topological polar surface area (TPSA) is 67.8 Å². The molecule has 7 nitrogen and oxygen atoms in total. The zero-order valence-electron chi connectivity index (χ0n) is 14.7. The third kappa shape index (κ3) is 3.54. The Labute approximate surface area is 146 Å². The van der Waals surface area contributed by atoms with Crippen molar-refractivity contribution in [1.29, 1.82) is 0 Å². The Bertz CT molecular complexity index is 737. The molecule has 0 bridgehead atoms. The summed E-state index contributed by atoms with van der Waals surface area (Å²) < 4.78 is 1.73. The molecule has 24 heavy (non-hydrogen) atoms. The SMILES string of the molecule is CC[NH+]1CCN(C(=O)[C@@H](C)Sc2nc3nc(C)cc(C)n3n2)CC1. The number of carbonyl (C=O) groups is 1. The van der Waals surface area contributed by atoms with Crippen molar-refractivity contribution >= 4 is 23.4 Å². The highest BCUT2D eigenvalue weighted by atomic mass is 32.2. The first-order valence-corrected chi connectivity index (χ1v) is 9.36. The number of rotatable bonds is 4. The molecule has 1 saturated heterocycles. The summed E-state index contributed by atoms with van der Waals surface area (Å²) in [5.41, 5.74) is 1.92. The number of nitrogens with zero attached hydrogens (tertiary/aromatic N) is 5. The van der Waals surface area contributed by atoms with Crippen LogP contribution in [0.4, 0.5) is 0 Å². The summed E-state index contributed by atoms with van der Waals surface area (Å²) in [4.78, 5) is 25.0. The van der Waals surface area contributed by atoms with E-state index in [9.17, 15) is 4.79 Å². The molecule has 8 heteroatoms. The number of hydrogen-bond donors (Lipinski definition) is 1. The van der Waals surface area contributed by atoms with Gasteiger partial charge in [-0.1, -0.05) is 11.8 Å². The maximum absolute atomic E-state index is 12.7. The van der Waals surface area contributed by atoms with Crippen LogP contribution in [0.15, 0.2) is 11.2 Å². The van der Waals surface area contributed by atoms with Gasteiger partial charge in [0.15, 0.2) is 0 Å². The maximum atomic E-state index is 12.7. The number of aromatic nitrogens is 4. The van der Waals surface area contributed by atoms with Crippen molar-refractivity contribution in [3.8, 4) is 0 Å². The molecular weight excluding hydrogens is 324 g/mol. The normalized spacial score (nSPS) is 17.4. The second kappa shape index (κ2) is 7.06. The van der Waals surface area contributed by atoms with E-state index in [1.807, 2.05) is 31.7 Å². The van der Waals surface area contributed by atoms with Crippen LogP contribution in [0, 0.1) is 13.8 Å². The summed E-state index contributed by atoms with van der Waals surface area (Å²) in [6, 6.07) is 1.97. The first-order valence-electron chi connectivity index (χ1n) is 8.48. The Morgan fingerprint density at radius 2 is 2.04 bits per heavy atom. The lowest BCUT2D eigenvalue weighted by atomic mass is 10.3. The highest BCUT2D eigenvalue weighted by Gasteiger charge is 2.27. The van der Waals surface area contributed by atoms with E-state index in [0.717, 1.165) is 44.1 Å². The molecular formula is C16H25N6OS+. The summed E-state index contributed by atoms with van der Waals surface area (Å²) >= 11 is 1.41. The van der Waals surface area contributed by atoms with E-state index >= 15 is 0 Å². The van der Waals surface area contributed by atoms with Crippen LogP contribution >= 0.6 is 11.8 Å². The summed E-state index contributed by atoms with van der Waals surface area (Å²) in [5, 5.41) is 4.90. The zero-order chi connectivity index (χ0) is 17.3. The molecule has 0 aromatic carbocycles. The monoisotopic (exact) mass is 349 g/mol. The molecule has 0 unspecified atom stereocenters. The average Bonchev–Trinajstić information content (AvgIpc) is 2.96. The zero-order valence-corrected chi connectivity index (χ0v) is 15.6. The van der Waals surface area contributed by atoms with Gasteiger partial charge in [-0.05, 0) is 33.8 Å². The van der Waals surface area contributed by atoms with Gasteiger partial charge in [0, 0.05) is 11.4 Å². The highest BCUT2D eigenvalue weighted by Crippen LogP contribution is 2.22. The molecule has 2 aromatic rings. The molecule has 2 aromatic heterocycles. The van der Waals surface area contributed by atoms with E-state index in [1.54, 1.807) is 9.42 Å². The van der Waals surface area contributed by atoms with Gasteiger partial charge in [0.2, 0.25) is 11.1 Å². The predicted octanol–water partition coefficient (Wildman–Crippen LogP) is -0.0313. The van der Waals surface area contributed by atoms with E-state index < -0.39 is 0 Å². The summed E-state index contributed by atoms with van der Waals surface area (Å²) in [7, 11) is 0. The third-order valence-corrected chi connectivity index (χ3v) is 5.45. The van der Waals surface area contributed by atoms with Crippen LogP contribution in [0.5, 0.6) is 0 Å². The molecule has 1 fully saturated rings. The Hall–Kier alpha value is -1.67. The lowest BCUT2D eigenvalue weighted by molar-refractivity contribution is -0.902. The Morgan fingerprint density at radius 1 is 1.33 bits per heavy atom. The Morgan fingerprint density at radius 3 is 2.71 bits per heavy atom. The van der Waals surface area contributed by atoms with Crippen molar-refractivity contribution in [3.63, 3.8) is 0 Å². The molecule has 1 atom stereocenters. The number of aryl methyl sites for hydroxylation is 2. The molecule has 0 radical (unpaired) electrons. The number of thioether (sulfide) groups is 1. The molecule has 1 N–H and O–H groups in total. The minimum absolute atomic E-state index is 0.176. The average molecular weight is 349 g/mol. The van der Waals surface area contributed by atoms with Gasteiger partial charge in [0.05, 0.1) is 38.0 Å². The highest BCUT2D eigenvalue weighted by molar-refractivity contribution is 8.00. The van der Waals surface area contributed by atoms with Crippen LogP contribution in [0.3, 0.4) is 0 Å². The lowest BCUT2D eigenvalue weighted by Gasteiger charge is -2.32. The molecule has 1 aliphatic rings. The van der Waals surface area contributed by atoms with Gasteiger partial charge in [0.25, 0.3) is 5.78 Å². The van der Waals surface area contributed by atoms with Gasteiger partial charge in [-0.2, -0.15) is 4.98 Å². The second-order valence-electron chi connectivity index (χ2n) is 6.33. The van der Waals surface area contributed by atoms with Crippen LogP contribution in [0.1, 0.15) is 25.2 Å². The van der Waals surface area contributed by atoms with E-state index in [4.69, 9.17) is 0 Å². The summed E-state index contributed by atoms with van der Waals surface area (Å²) in [5.74, 6) is 0.768. The number of quaternary nitrogens is 1. The molecule has 1 aliphatic heterocycles. The molecule has 0 aliphatic carbocycles. The van der Waals surface area contributed by atoms with E-state index in [-0.39, 0.29) is 11.2 Å². The van der Waals surface area contributed by atoms with Gasteiger partial charge in [0.1, 0.15) is 0 Å². The number of fused-ring (bicyclic) bond motifs is 1. The van der Waals surface area contributed by atoms with Crippen LogP contribution in [-0.4, -0.2) is 68.4 Å². The standard InChI is InChI=1S/C16H24N6OS/c1-5-20-6-8-21(9-7-20)14(23)13(4)24-16-18-15-17-11(2)10-12(3)22(15)19-16/h10,13H,5-9H2,1-4H3/p+1/t13-/m1/s1. The Kier molecular flexibility index (Phi) is 5.05. The van der Waals surface area contributed by atoms with E-state index in [2.05, 4.69) is 22.0 Å². The fourth-order valence-corrected chi connectivity index (χ4v) is 3.89. The van der Waals surface area contributed by atoms with Crippen LogP contribution < -0.4 is 4.90 Å². The number of amides is 1. The first-order chi connectivity index (χ1) is 11.5. The van der Waals surface area contributed by atoms with Crippen LogP contribution in [-0.2, 0) is 4.79 Å². The molecule has 0 spiro atoms.